The molecule has 3 heteroatoms. The molecule has 1 aromatic carbocycles. The highest BCUT2D eigenvalue weighted by atomic mass is 35.5. The first-order valence-electron chi connectivity index (χ1n) is 6.78. The smallest absolute Gasteiger partial charge is 0.224 e. The van der Waals surface area contributed by atoms with Crippen LogP contribution in [0.25, 0.3) is 0 Å². The Morgan fingerprint density at radius 1 is 1.22 bits per heavy atom. The Bertz CT molecular complexity index is 397. The minimum absolute atomic E-state index is 0.115. The van der Waals surface area contributed by atoms with Crippen LogP contribution in [0.3, 0.4) is 0 Å². The number of benzene rings is 1. The molecular formula is C15H20ClNO. The van der Waals surface area contributed by atoms with Gasteiger partial charge in [0, 0.05) is 11.1 Å². The average molecular weight is 266 g/mol. The molecule has 2 rings (SSSR count). The van der Waals surface area contributed by atoms with Crippen molar-refractivity contribution in [1.82, 2.24) is 5.32 Å². The van der Waals surface area contributed by atoms with Gasteiger partial charge in [-0.1, -0.05) is 49.4 Å². The zero-order valence-electron chi connectivity index (χ0n) is 10.6. The van der Waals surface area contributed by atoms with Gasteiger partial charge in [-0.3, -0.25) is 4.79 Å². The van der Waals surface area contributed by atoms with Crippen LogP contribution >= 0.6 is 11.6 Å². The number of amides is 1. The van der Waals surface area contributed by atoms with Gasteiger partial charge in [-0.25, -0.2) is 0 Å². The molecule has 1 fully saturated rings. The van der Waals surface area contributed by atoms with Crippen LogP contribution in [0.4, 0.5) is 0 Å². The standard InChI is InChI=1S/C15H20ClNO/c16-13-7-5-6-12(10-13)11-15(18)17-14-8-3-1-2-4-9-14/h5-7,10,14H,1-4,8-9,11H2,(H,17,18). The summed E-state index contributed by atoms with van der Waals surface area (Å²) >= 11 is 5.91. The van der Waals surface area contributed by atoms with Crippen molar-refractivity contribution in [2.24, 2.45) is 0 Å². The number of rotatable bonds is 3. The van der Waals surface area contributed by atoms with Crippen LogP contribution in [0, 0.1) is 0 Å². The quantitative estimate of drug-likeness (QED) is 0.829. The van der Waals surface area contributed by atoms with Crippen LogP contribution in [0.15, 0.2) is 24.3 Å². The normalized spacial score (nSPS) is 17.2. The van der Waals surface area contributed by atoms with Crippen LogP contribution in [0.1, 0.15) is 44.1 Å². The van der Waals surface area contributed by atoms with Gasteiger partial charge in [0.25, 0.3) is 0 Å². The predicted octanol–water partition coefficient (Wildman–Crippen LogP) is 3.72. The Balaban J connectivity index is 1.84. The summed E-state index contributed by atoms with van der Waals surface area (Å²) in [5.41, 5.74) is 0.980. The third-order valence-corrected chi connectivity index (χ3v) is 3.71. The second-order valence-electron chi connectivity index (χ2n) is 5.06. The molecular weight excluding hydrogens is 246 g/mol. The maximum absolute atomic E-state index is 12.0. The second-order valence-corrected chi connectivity index (χ2v) is 5.50. The van der Waals surface area contributed by atoms with Crippen molar-refractivity contribution >= 4 is 17.5 Å². The lowest BCUT2D eigenvalue weighted by atomic mass is 10.1. The number of halogens is 1. The summed E-state index contributed by atoms with van der Waals surface area (Å²) in [6.07, 6.45) is 7.77. The minimum Gasteiger partial charge on any atom is -0.353 e. The number of hydrogen-bond donors (Lipinski definition) is 1. The summed E-state index contributed by atoms with van der Waals surface area (Å²) in [7, 11) is 0. The van der Waals surface area contributed by atoms with Crippen molar-refractivity contribution in [3.8, 4) is 0 Å². The van der Waals surface area contributed by atoms with Gasteiger partial charge >= 0.3 is 0 Å². The van der Waals surface area contributed by atoms with E-state index in [1.54, 1.807) is 0 Å². The first-order chi connectivity index (χ1) is 8.74. The molecule has 0 aromatic heterocycles. The number of hydrogen-bond acceptors (Lipinski definition) is 1. The molecule has 1 amide bonds. The Labute approximate surface area is 114 Å². The van der Waals surface area contributed by atoms with Gasteiger partial charge in [0.15, 0.2) is 0 Å². The largest absolute Gasteiger partial charge is 0.353 e. The maximum atomic E-state index is 12.0. The molecule has 1 aliphatic carbocycles. The third kappa shape index (κ3) is 4.34. The second kappa shape index (κ2) is 6.79. The summed E-state index contributed by atoms with van der Waals surface area (Å²) in [4.78, 5) is 12.0. The van der Waals surface area contributed by atoms with E-state index in [-0.39, 0.29) is 5.91 Å². The molecule has 0 spiro atoms. The zero-order chi connectivity index (χ0) is 12.8. The Morgan fingerprint density at radius 3 is 2.61 bits per heavy atom. The van der Waals surface area contributed by atoms with Crippen LogP contribution in [-0.4, -0.2) is 11.9 Å². The lowest BCUT2D eigenvalue weighted by Crippen LogP contribution is -2.35. The molecule has 1 aromatic rings. The van der Waals surface area contributed by atoms with Crippen molar-refractivity contribution < 1.29 is 4.79 Å². The van der Waals surface area contributed by atoms with Crippen molar-refractivity contribution in [3.05, 3.63) is 34.9 Å². The first-order valence-corrected chi connectivity index (χ1v) is 7.15. The lowest BCUT2D eigenvalue weighted by molar-refractivity contribution is -0.121. The van der Waals surface area contributed by atoms with Crippen LogP contribution in [0.2, 0.25) is 5.02 Å². The van der Waals surface area contributed by atoms with E-state index in [0.29, 0.717) is 17.5 Å². The van der Waals surface area contributed by atoms with E-state index in [9.17, 15) is 4.79 Å². The van der Waals surface area contributed by atoms with E-state index in [0.717, 1.165) is 18.4 Å². The fraction of sp³-hybridized carbons (Fsp3) is 0.533. The van der Waals surface area contributed by atoms with Gasteiger partial charge in [0.1, 0.15) is 0 Å². The van der Waals surface area contributed by atoms with Gasteiger partial charge < -0.3 is 5.32 Å². The average Bonchev–Trinajstić information content (AvgIpc) is 2.57. The summed E-state index contributed by atoms with van der Waals surface area (Å²) in [5, 5.41) is 3.83. The molecule has 0 atom stereocenters. The maximum Gasteiger partial charge on any atom is 0.224 e. The molecule has 0 aliphatic heterocycles. The molecule has 1 aliphatic rings. The van der Waals surface area contributed by atoms with Crippen LogP contribution in [-0.2, 0) is 11.2 Å². The molecule has 0 unspecified atom stereocenters. The highest BCUT2D eigenvalue weighted by Crippen LogP contribution is 2.17. The first kappa shape index (κ1) is 13.4. The van der Waals surface area contributed by atoms with Gasteiger partial charge in [0.2, 0.25) is 5.91 Å². The number of carbonyl (C=O) groups excluding carboxylic acids is 1. The van der Waals surface area contributed by atoms with E-state index >= 15 is 0 Å². The highest BCUT2D eigenvalue weighted by molar-refractivity contribution is 6.30. The Kier molecular flexibility index (Phi) is 5.06. The molecule has 1 N–H and O–H groups in total. The van der Waals surface area contributed by atoms with Gasteiger partial charge in [-0.2, -0.15) is 0 Å². The highest BCUT2D eigenvalue weighted by Gasteiger charge is 2.14. The summed E-state index contributed by atoms with van der Waals surface area (Å²) in [5.74, 6) is 0.115. The SMILES string of the molecule is O=C(Cc1cccc(Cl)c1)NC1CCCCCC1. The number of carbonyl (C=O) groups is 1. The molecule has 1 saturated carbocycles. The third-order valence-electron chi connectivity index (χ3n) is 3.47. The van der Waals surface area contributed by atoms with E-state index in [2.05, 4.69) is 5.32 Å². The topological polar surface area (TPSA) is 29.1 Å². The number of nitrogens with one attached hydrogen (secondary N) is 1. The molecule has 18 heavy (non-hydrogen) atoms. The molecule has 0 bridgehead atoms. The fourth-order valence-corrected chi connectivity index (χ4v) is 2.75. The van der Waals surface area contributed by atoms with Crippen molar-refractivity contribution in [2.75, 3.05) is 0 Å². The summed E-state index contributed by atoms with van der Waals surface area (Å²) in [6.45, 7) is 0. The van der Waals surface area contributed by atoms with Crippen LogP contribution < -0.4 is 5.32 Å². The van der Waals surface area contributed by atoms with E-state index in [1.165, 1.54) is 25.7 Å². The van der Waals surface area contributed by atoms with Gasteiger partial charge in [0.05, 0.1) is 6.42 Å². The van der Waals surface area contributed by atoms with Gasteiger partial charge in [-0.15, -0.1) is 0 Å². The lowest BCUT2D eigenvalue weighted by Gasteiger charge is -2.16. The van der Waals surface area contributed by atoms with Crippen LogP contribution in [0.5, 0.6) is 0 Å². The Hall–Kier alpha value is -1.02. The van der Waals surface area contributed by atoms with Crippen molar-refractivity contribution in [1.29, 1.82) is 0 Å². The van der Waals surface area contributed by atoms with Gasteiger partial charge in [-0.05, 0) is 30.5 Å². The molecule has 0 heterocycles. The van der Waals surface area contributed by atoms with Crippen molar-refractivity contribution in [3.63, 3.8) is 0 Å². The minimum atomic E-state index is 0.115. The van der Waals surface area contributed by atoms with E-state index in [4.69, 9.17) is 11.6 Å². The summed E-state index contributed by atoms with van der Waals surface area (Å²) in [6, 6.07) is 7.89. The fourth-order valence-electron chi connectivity index (χ4n) is 2.53. The van der Waals surface area contributed by atoms with E-state index < -0.39 is 0 Å². The Morgan fingerprint density at radius 2 is 1.94 bits per heavy atom. The summed E-state index contributed by atoms with van der Waals surface area (Å²) < 4.78 is 0. The zero-order valence-corrected chi connectivity index (χ0v) is 11.4. The molecule has 0 saturated heterocycles. The molecule has 0 radical (unpaired) electrons. The monoisotopic (exact) mass is 265 g/mol. The van der Waals surface area contributed by atoms with Crippen molar-refractivity contribution in [2.45, 2.75) is 51.0 Å². The predicted molar refractivity (Wildman–Crippen MR) is 74.8 cm³/mol. The molecule has 2 nitrogen and oxygen atoms in total. The molecule has 98 valence electrons. The van der Waals surface area contributed by atoms with E-state index in [1.807, 2.05) is 24.3 Å².